The topological polar surface area (TPSA) is 132 Å². The van der Waals surface area contributed by atoms with Crippen LogP contribution in [-0.2, 0) is 6.42 Å². The molecule has 2 rings (SSSR count). The van der Waals surface area contributed by atoms with Crippen LogP contribution in [0.3, 0.4) is 0 Å². The van der Waals surface area contributed by atoms with Gasteiger partial charge in [-0.1, -0.05) is 6.07 Å². The van der Waals surface area contributed by atoms with E-state index in [-0.39, 0.29) is 42.8 Å². The lowest BCUT2D eigenvalue weighted by atomic mass is 10.1. The van der Waals surface area contributed by atoms with Gasteiger partial charge in [0.15, 0.2) is 11.8 Å². The molecule has 0 amide bonds. The summed E-state index contributed by atoms with van der Waals surface area (Å²) in [5.74, 6) is -0.613. The van der Waals surface area contributed by atoms with E-state index in [0.717, 1.165) is 4.57 Å². The summed E-state index contributed by atoms with van der Waals surface area (Å²) < 4.78 is 1.15. The van der Waals surface area contributed by atoms with Crippen molar-refractivity contribution < 1.29 is 25.5 Å². The van der Waals surface area contributed by atoms with E-state index in [1.54, 1.807) is 0 Å². The number of hydrogen-bond donors (Lipinski definition) is 6. The average molecular weight is 294 g/mol. The predicted octanol–water partition coefficient (Wildman–Crippen LogP) is 0.393. The van der Waals surface area contributed by atoms with Gasteiger partial charge in [-0.05, 0) is 11.6 Å². The first-order valence-corrected chi connectivity index (χ1v) is 6.41. The zero-order valence-electron chi connectivity index (χ0n) is 11.3. The van der Waals surface area contributed by atoms with Gasteiger partial charge in [-0.3, -0.25) is 4.57 Å². The number of nitrogens with two attached hydrogens (primary N) is 1. The highest BCUT2D eigenvalue weighted by Crippen LogP contribution is 2.34. The largest absolute Gasteiger partial charge is 0.508 e. The summed E-state index contributed by atoms with van der Waals surface area (Å²) in [7, 11) is 0. The first-order chi connectivity index (χ1) is 9.97. The van der Waals surface area contributed by atoms with E-state index in [1.807, 2.05) is 0 Å². The molecule has 1 heterocycles. The number of nitrogens with zero attached hydrogens (tertiary/aromatic N) is 1. The molecule has 0 radical (unpaired) electrons. The van der Waals surface area contributed by atoms with Crippen LogP contribution in [0.15, 0.2) is 24.3 Å². The second-order valence-corrected chi connectivity index (χ2v) is 4.78. The molecule has 1 aromatic carbocycles. The lowest BCUT2D eigenvalue weighted by Gasteiger charge is -2.16. The molecule has 7 nitrogen and oxygen atoms in total. The molecule has 0 saturated heterocycles. The maximum Gasteiger partial charge on any atom is 0.197 e. The van der Waals surface area contributed by atoms with Crippen LogP contribution in [0.25, 0.3) is 0 Å². The van der Waals surface area contributed by atoms with E-state index < -0.39 is 6.04 Å². The summed E-state index contributed by atoms with van der Waals surface area (Å²) in [6, 6.07) is 4.84. The molecule has 0 saturated carbocycles. The zero-order valence-corrected chi connectivity index (χ0v) is 11.3. The molecule has 0 spiro atoms. The molecule has 0 fully saturated rings. The van der Waals surface area contributed by atoms with Crippen LogP contribution in [0.4, 0.5) is 0 Å². The van der Waals surface area contributed by atoms with Gasteiger partial charge in [0.1, 0.15) is 11.5 Å². The van der Waals surface area contributed by atoms with E-state index in [2.05, 4.69) is 0 Å². The molecule has 0 aliphatic heterocycles. The molecule has 1 unspecified atom stereocenters. The third-order valence-electron chi connectivity index (χ3n) is 3.36. The number of benzene rings is 1. The third-order valence-corrected chi connectivity index (χ3v) is 3.36. The first kappa shape index (κ1) is 15.0. The Kier molecular flexibility index (Phi) is 4.25. The number of hydrogen-bond acceptors (Lipinski definition) is 6. The standard InChI is InChI=1S/C14H18N2O5/c15-6-10(7-17)16-13(20)4-9(14(16)21)3-8-1-2-11(18)5-12(8)19/h1-2,4-5,10,17-21H,3,6-7,15H2. The second-order valence-electron chi connectivity index (χ2n) is 4.78. The Hall–Kier alpha value is -2.38. The van der Waals surface area contributed by atoms with Crippen LogP contribution >= 0.6 is 0 Å². The fourth-order valence-electron chi connectivity index (χ4n) is 2.21. The Bertz CT molecular complexity index is 635. The molecule has 7 heteroatoms. The number of aromatic nitrogens is 1. The van der Waals surface area contributed by atoms with Crippen molar-refractivity contribution in [1.29, 1.82) is 0 Å². The van der Waals surface area contributed by atoms with Gasteiger partial charge < -0.3 is 31.3 Å². The van der Waals surface area contributed by atoms with E-state index in [9.17, 15) is 25.5 Å². The van der Waals surface area contributed by atoms with Gasteiger partial charge in [0.2, 0.25) is 0 Å². The van der Waals surface area contributed by atoms with Gasteiger partial charge in [-0.15, -0.1) is 0 Å². The normalized spacial score (nSPS) is 12.5. The average Bonchev–Trinajstić information content (AvgIpc) is 2.71. The molecule has 21 heavy (non-hydrogen) atoms. The third kappa shape index (κ3) is 2.88. The minimum atomic E-state index is -0.632. The van der Waals surface area contributed by atoms with E-state index in [1.165, 1.54) is 24.3 Å². The van der Waals surface area contributed by atoms with Gasteiger partial charge in [0.25, 0.3) is 0 Å². The van der Waals surface area contributed by atoms with Crippen LogP contribution in [-0.4, -0.2) is 43.3 Å². The van der Waals surface area contributed by atoms with Crippen LogP contribution < -0.4 is 5.73 Å². The van der Waals surface area contributed by atoms with Crippen molar-refractivity contribution in [3.63, 3.8) is 0 Å². The maximum absolute atomic E-state index is 10.2. The van der Waals surface area contributed by atoms with Crippen molar-refractivity contribution in [3.8, 4) is 23.3 Å². The summed E-state index contributed by atoms with van der Waals surface area (Å²) in [4.78, 5) is 0. The van der Waals surface area contributed by atoms with Crippen molar-refractivity contribution in [2.24, 2.45) is 5.73 Å². The molecule has 0 aliphatic carbocycles. The Morgan fingerprint density at radius 1 is 1.05 bits per heavy atom. The molecule has 0 aliphatic rings. The van der Waals surface area contributed by atoms with Gasteiger partial charge in [-0.2, -0.15) is 0 Å². The summed E-state index contributed by atoms with van der Waals surface area (Å²) >= 11 is 0. The van der Waals surface area contributed by atoms with Crippen LogP contribution in [0.2, 0.25) is 0 Å². The molecule has 114 valence electrons. The Labute approximate surface area is 121 Å². The lowest BCUT2D eigenvalue weighted by Crippen LogP contribution is -2.22. The molecular formula is C14H18N2O5. The second kappa shape index (κ2) is 5.94. The summed E-state index contributed by atoms with van der Waals surface area (Å²) in [5, 5.41) is 48.2. The number of aliphatic hydroxyl groups excluding tert-OH is 1. The zero-order chi connectivity index (χ0) is 15.6. The van der Waals surface area contributed by atoms with E-state index in [0.29, 0.717) is 11.1 Å². The summed E-state index contributed by atoms with van der Waals surface area (Å²) in [5.41, 5.74) is 6.34. The van der Waals surface area contributed by atoms with Crippen molar-refractivity contribution in [1.82, 2.24) is 4.57 Å². The maximum atomic E-state index is 10.2. The monoisotopic (exact) mass is 294 g/mol. The highest BCUT2D eigenvalue weighted by molar-refractivity contribution is 5.45. The molecule has 1 aromatic heterocycles. The van der Waals surface area contributed by atoms with Crippen LogP contribution in [0, 0.1) is 0 Å². The Balaban J connectivity index is 2.35. The van der Waals surface area contributed by atoms with Gasteiger partial charge in [0, 0.05) is 30.7 Å². The summed E-state index contributed by atoms with van der Waals surface area (Å²) in [6.07, 6.45) is 0.154. The smallest absolute Gasteiger partial charge is 0.197 e. The van der Waals surface area contributed by atoms with Crippen LogP contribution in [0.1, 0.15) is 17.2 Å². The summed E-state index contributed by atoms with van der Waals surface area (Å²) in [6.45, 7) is -0.271. The van der Waals surface area contributed by atoms with E-state index in [4.69, 9.17) is 5.73 Å². The van der Waals surface area contributed by atoms with E-state index >= 15 is 0 Å². The predicted molar refractivity (Wildman–Crippen MR) is 75.5 cm³/mol. The Morgan fingerprint density at radius 3 is 2.33 bits per heavy atom. The minimum absolute atomic E-state index is 0.0518. The van der Waals surface area contributed by atoms with Crippen molar-refractivity contribution in [3.05, 3.63) is 35.4 Å². The number of phenolic OH excluding ortho intramolecular Hbond substituents is 2. The molecule has 0 bridgehead atoms. The van der Waals surface area contributed by atoms with Gasteiger partial charge in [-0.25, -0.2) is 0 Å². The van der Waals surface area contributed by atoms with Gasteiger partial charge in [0.05, 0.1) is 12.6 Å². The molecule has 7 N–H and O–H groups in total. The number of phenols is 2. The fourth-order valence-corrected chi connectivity index (χ4v) is 2.21. The SMILES string of the molecule is NCC(CO)n1c(O)cc(Cc2ccc(O)cc2O)c1O. The van der Waals surface area contributed by atoms with Crippen molar-refractivity contribution in [2.45, 2.75) is 12.5 Å². The first-order valence-electron chi connectivity index (χ1n) is 6.41. The highest BCUT2D eigenvalue weighted by atomic mass is 16.3. The molecular weight excluding hydrogens is 276 g/mol. The highest BCUT2D eigenvalue weighted by Gasteiger charge is 2.20. The quantitative estimate of drug-likeness (QED) is 0.473. The number of aliphatic hydroxyl groups is 1. The fraction of sp³-hybridized carbons (Fsp3) is 0.286. The minimum Gasteiger partial charge on any atom is -0.508 e. The van der Waals surface area contributed by atoms with Crippen molar-refractivity contribution >= 4 is 0 Å². The van der Waals surface area contributed by atoms with Crippen LogP contribution in [0.5, 0.6) is 23.3 Å². The lowest BCUT2D eigenvalue weighted by molar-refractivity contribution is 0.211. The number of aromatic hydroxyl groups is 4. The molecule has 2 aromatic rings. The van der Waals surface area contributed by atoms with Gasteiger partial charge >= 0.3 is 0 Å². The molecule has 1 atom stereocenters. The Morgan fingerprint density at radius 2 is 1.76 bits per heavy atom. The van der Waals surface area contributed by atoms with Crippen molar-refractivity contribution in [2.75, 3.05) is 13.2 Å². The number of rotatable bonds is 5.